The van der Waals surface area contributed by atoms with Gasteiger partial charge in [-0.2, -0.15) is 0 Å². The van der Waals surface area contributed by atoms with Crippen molar-refractivity contribution in [1.82, 2.24) is 0 Å². The summed E-state index contributed by atoms with van der Waals surface area (Å²) in [6.07, 6.45) is 0.390. The molecule has 0 spiro atoms. The van der Waals surface area contributed by atoms with Crippen molar-refractivity contribution in [2.45, 2.75) is 25.7 Å². The fourth-order valence-corrected chi connectivity index (χ4v) is 2.40. The highest BCUT2D eigenvalue weighted by atomic mass is 127. The number of ketones is 1. The van der Waals surface area contributed by atoms with Gasteiger partial charge < -0.3 is 0 Å². The van der Waals surface area contributed by atoms with E-state index in [2.05, 4.69) is 22.6 Å². The van der Waals surface area contributed by atoms with Gasteiger partial charge in [-0.1, -0.05) is 24.3 Å². The van der Waals surface area contributed by atoms with Crippen LogP contribution in [0.3, 0.4) is 0 Å². The summed E-state index contributed by atoms with van der Waals surface area (Å²) < 4.78 is 14.1. The van der Waals surface area contributed by atoms with Crippen LogP contribution >= 0.6 is 22.6 Å². The Kier molecular flexibility index (Phi) is 4.58. The number of carbonyl (C=O) groups excluding carboxylic acids is 1. The highest BCUT2D eigenvalue weighted by Gasteiger charge is 2.29. The largest absolute Gasteiger partial charge is 0.298 e. The summed E-state index contributed by atoms with van der Waals surface area (Å²) in [7, 11) is 0. The Morgan fingerprint density at radius 3 is 2.15 bits per heavy atom. The van der Waals surface area contributed by atoms with E-state index in [1.54, 1.807) is 12.1 Å². The van der Waals surface area contributed by atoms with Crippen LogP contribution in [0.25, 0.3) is 0 Å². The molecule has 20 heavy (non-hydrogen) atoms. The molecule has 0 aliphatic rings. The van der Waals surface area contributed by atoms with Crippen LogP contribution in [-0.2, 0) is 16.6 Å². The lowest BCUT2D eigenvalue weighted by Crippen LogP contribution is -2.30. The first kappa shape index (κ1) is 15.2. The first-order valence-electron chi connectivity index (χ1n) is 6.43. The van der Waals surface area contributed by atoms with E-state index < -0.39 is 5.41 Å². The molecule has 3 heteroatoms. The third kappa shape index (κ3) is 3.45. The zero-order valence-corrected chi connectivity index (χ0v) is 13.6. The van der Waals surface area contributed by atoms with Gasteiger partial charge in [-0.15, -0.1) is 0 Å². The van der Waals surface area contributed by atoms with E-state index in [0.29, 0.717) is 6.42 Å². The van der Waals surface area contributed by atoms with Crippen molar-refractivity contribution >= 4 is 28.4 Å². The summed E-state index contributed by atoms with van der Waals surface area (Å²) >= 11 is 2.24. The molecular weight excluding hydrogens is 366 g/mol. The van der Waals surface area contributed by atoms with Crippen molar-refractivity contribution in [3.63, 3.8) is 0 Å². The number of halogens is 2. The van der Waals surface area contributed by atoms with Crippen molar-refractivity contribution < 1.29 is 9.18 Å². The Morgan fingerprint density at radius 2 is 1.60 bits per heavy atom. The predicted molar refractivity (Wildman–Crippen MR) is 87.3 cm³/mol. The Labute approximate surface area is 132 Å². The highest BCUT2D eigenvalue weighted by Crippen LogP contribution is 2.26. The summed E-state index contributed by atoms with van der Waals surface area (Å²) in [6, 6.07) is 14.1. The molecule has 0 bridgehead atoms. The lowest BCUT2D eigenvalue weighted by atomic mass is 9.78. The van der Waals surface area contributed by atoms with E-state index in [9.17, 15) is 9.18 Å². The predicted octanol–water partition coefficient (Wildman–Crippen LogP) is 4.52. The van der Waals surface area contributed by atoms with Crippen LogP contribution in [0.1, 0.15) is 25.0 Å². The molecule has 0 fully saturated rings. The maximum Gasteiger partial charge on any atom is 0.147 e. The molecule has 0 unspecified atom stereocenters. The molecule has 0 aliphatic heterocycles. The number of hydrogen-bond donors (Lipinski definition) is 0. The number of carbonyl (C=O) groups is 1. The van der Waals surface area contributed by atoms with E-state index in [4.69, 9.17) is 0 Å². The second kappa shape index (κ2) is 6.04. The lowest BCUT2D eigenvalue weighted by molar-refractivity contribution is -0.122. The number of rotatable bonds is 4. The van der Waals surface area contributed by atoms with Gasteiger partial charge >= 0.3 is 0 Å². The van der Waals surface area contributed by atoms with Gasteiger partial charge in [0.05, 0.1) is 0 Å². The molecule has 0 aromatic heterocycles. The van der Waals surface area contributed by atoms with Crippen LogP contribution in [0.15, 0.2) is 48.5 Å². The van der Waals surface area contributed by atoms with Crippen LogP contribution in [-0.4, -0.2) is 5.78 Å². The third-order valence-corrected chi connectivity index (χ3v) is 4.26. The fourth-order valence-electron chi connectivity index (χ4n) is 2.04. The lowest BCUT2D eigenvalue weighted by Gasteiger charge is -2.23. The van der Waals surface area contributed by atoms with E-state index >= 15 is 0 Å². The van der Waals surface area contributed by atoms with E-state index in [0.717, 1.165) is 14.7 Å². The number of hydrogen-bond acceptors (Lipinski definition) is 1. The first-order chi connectivity index (χ1) is 9.39. The molecule has 0 N–H and O–H groups in total. The second-order valence-corrected chi connectivity index (χ2v) is 6.60. The molecule has 1 nitrogen and oxygen atoms in total. The van der Waals surface area contributed by atoms with Crippen molar-refractivity contribution in [2.75, 3.05) is 0 Å². The van der Waals surface area contributed by atoms with Crippen LogP contribution in [0.5, 0.6) is 0 Å². The van der Waals surface area contributed by atoms with Crippen molar-refractivity contribution in [3.05, 3.63) is 69.0 Å². The average Bonchev–Trinajstić information content (AvgIpc) is 2.42. The molecule has 2 rings (SSSR count). The van der Waals surface area contributed by atoms with E-state index in [1.807, 2.05) is 38.1 Å². The molecular formula is C17H16FIO. The summed E-state index contributed by atoms with van der Waals surface area (Å²) in [6.45, 7) is 3.77. The first-order valence-corrected chi connectivity index (χ1v) is 7.51. The maximum absolute atomic E-state index is 13.0. The van der Waals surface area contributed by atoms with Gasteiger partial charge in [0.2, 0.25) is 0 Å². The standard InChI is InChI=1S/C17H16FIO/c1-17(2,13-5-7-14(18)8-6-13)16(20)11-12-3-9-15(19)10-4-12/h3-10H,11H2,1-2H3. The van der Waals surface area contributed by atoms with Gasteiger partial charge in [-0.25, -0.2) is 4.39 Å². The molecule has 0 amide bonds. The molecule has 0 saturated carbocycles. The third-order valence-electron chi connectivity index (χ3n) is 3.54. The van der Waals surface area contributed by atoms with Crippen molar-refractivity contribution in [2.24, 2.45) is 0 Å². The maximum atomic E-state index is 13.0. The summed E-state index contributed by atoms with van der Waals surface area (Å²) in [5.41, 5.74) is 1.23. The van der Waals surface area contributed by atoms with Crippen LogP contribution in [0.2, 0.25) is 0 Å². The fraction of sp³-hybridized carbons (Fsp3) is 0.235. The van der Waals surface area contributed by atoms with Gasteiger partial charge in [-0.3, -0.25) is 4.79 Å². The second-order valence-electron chi connectivity index (χ2n) is 5.36. The molecule has 0 aliphatic carbocycles. The van der Waals surface area contributed by atoms with Gasteiger partial charge in [0.1, 0.15) is 11.6 Å². The highest BCUT2D eigenvalue weighted by molar-refractivity contribution is 14.1. The number of benzene rings is 2. The van der Waals surface area contributed by atoms with Crippen LogP contribution in [0, 0.1) is 9.39 Å². The average molecular weight is 382 g/mol. The smallest absolute Gasteiger partial charge is 0.147 e. The normalized spacial score (nSPS) is 11.4. The Bertz CT molecular complexity index is 600. The van der Waals surface area contributed by atoms with Gasteiger partial charge in [0.25, 0.3) is 0 Å². The van der Waals surface area contributed by atoms with E-state index in [1.165, 1.54) is 12.1 Å². The molecule has 0 radical (unpaired) electrons. The van der Waals surface area contributed by atoms with Crippen LogP contribution in [0.4, 0.5) is 4.39 Å². The minimum absolute atomic E-state index is 0.130. The van der Waals surface area contributed by atoms with Gasteiger partial charge in [0.15, 0.2) is 0 Å². The number of Topliss-reactive ketones (excluding diaryl/α,β-unsaturated/α-hetero) is 1. The summed E-state index contributed by atoms with van der Waals surface area (Å²) in [5.74, 6) is -0.153. The van der Waals surface area contributed by atoms with Gasteiger partial charge in [-0.05, 0) is 71.8 Å². The SMILES string of the molecule is CC(C)(C(=O)Cc1ccc(I)cc1)c1ccc(F)cc1. The minimum Gasteiger partial charge on any atom is -0.298 e. The summed E-state index contributed by atoms with van der Waals surface area (Å²) in [4.78, 5) is 12.5. The Balaban J connectivity index is 2.18. The van der Waals surface area contributed by atoms with Crippen LogP contribution < -0.4 is 0 Å². The molecule has 2 aromatic rings. The summed E-state index contributed by atoms with van der Waals surface area (Å²) in [5, 5.41) is 0. The molecule has 104 valence electrons. The topological polar surface area (TPSA) is 17.1 Å². The van der Waals surface area contributed by atoms with Gasteiger partial charge in [0, 0.05) is 15.4 Å². The van der Waals surface area contributed by atoms with E-state index in [-0.39, 0.29) is 11.6 Å². The Hall–Kier alpha value is -1.23. The molecule has 0 saturated heterocycles. The molecule has 0 atom stereocenters. The zero-order valence-electron chi connectivity index (χ0n) is 11.5. The monoisotopic (exact) mass is 382 g/mol. The zero-order chi connectivity index (χ0) is 14.8. The van der Waals surface area contributed by atoms with Crippen molar-refractivity contribution in [1.29, 1.82) is 0 Å². The minimum atomic E-state index is -0.614. The quantitative estimate of drug-likeness (QED) is 0.711. The molecule has 2 aromatic carbocycles. The Morgan fingerprint density at radius 1 is 1.05 bits per heavy atom. The molecule has 0 heterocycles. The van der Waals surface area contributed by atoms with Crippen molar-refractivity contribution in [3.8, 4) is 0 Å².